The van der Waals surface area contributed by atoms with E-state index in [1.807, 2.05) is 18.2 Å². The van der Waals surface area contributed by atoms with Crippen LogP contribution < -0.4 is 5.32 Å². The fourth-order valence-corrected chi connectivity index (χ4v) is 3.08. The number of amides is 1. The number of hydrogen-bond acceptors (Lipinski definition) is 5. The van der Waals surface area contributed by atoms with Crippen molar-refractivity contribution in [1.29, 1.82) is 0 Å². The van der Waals surface area contributed by atoms with Gasteiger partial charge in [-0.2, -0.15) is 5.10 Å². The van der Waals surface area contributed by atoms with E-state index in [0.29, 0.717) is 27.6 Å². The van der Waals surface area contributed by atoms with E-state index in [-0.39, 0.29) is 12.4 Å². The number of carbonyl (C=O) groups is 1. The van der Waals surface area contributed by atoms with Crippen LogP contribution in [-0.4, -0.2) is 30.4 Å². The molecule has 0 unspecified atom stereocenters. The maximum absolute atomic E-state index is 12.3. The van der Waals surface area contributed by atoms with E-state index >= 15 is 0 Å². The van der Waals surface area contributed by atoms with Gasteiger partial charge in [-0.25, -0.2) is 0 Å². The maximum atomic E-state index is 12.3. The van der Waals surface area contributed by atoms with Gasteiger partial charge in [-0.05, 0) is 39.4 Å². The first kappa shape index (κ1) is 19.1. The summed E-state index contributed by atoms with van der Waals surface area (Å²) in [6, 6.07) is 8.70. The molecule has 3 aromatic rings. The number of hydrogen-bond donors (Lipinski definition) is 1. The Morgan fingerprint density at radius 3 is 2.81 bits per heavy atom. The molecule has 140 valence electrons. The molecule has 11 heteroatoms. The van der Waals surface area contributed by atoms with Crippen LogP contribution in [0, 0.1) is 17.0 Å². The topological polar surface area (TPSA) is 108 Å². The molecule has 0 fully saturated rings. The van der Waals surface area contributed by atoms with Gasteiger partial charge in [0.2, 0.25) is 0 Å². The van der Waals surface area contributed by atoms with Crippen molar-refractivity contribution in [3.63, 3.8) is 0 Å². The summed E-state index contributed by atoms with van der Waals surface area (Å²) in [6.45, 7) is 1.75. The monoisotopic (exact) mass is 452 g/mol. The van der Waals surface area contributed by atoms with Crippen molar-refractivity contribution in [2.75, 3.05) is 5.32 Å². The summed E-state index contributed by atoms with van der Waals surface area (Å²) >= 11 is 9.49. The zero-order valence-electron chi connectivity index (χ0n) is 14.1. The number of nitrogens with zero attached hydrogens (tertiary/aromatic N) is 5. The molecular formula is C16H14BrClN6O3. The first-order valence-corrected chi connectivity index (χ1v) is 8.95. The second-order valence-electron chi connectivity index (χ2n) is 5.72. The molecule has 0 aliphatic rings. The number of benzene rings is 1. The Labute approximate surface area is 167 Å². The number of aromatic nitrogens is 4. The van der Waals surface area contributed by atoms with Gasteiger partial charge in [-0.15, -0.1) is 4.68 Å². The Morgan fingerprint density at radius 1 is 1.37 bits per heavy atom. The van der Waals surface area contributed by atoms with Gasteiger partial charge in [0.1, 0.15) is 0 Å². The predicted molar refractivity (Wildman–Crippen MR) is 103 cm³/mol. The van der Waals surface area contributed by atoms with Gasteiger partial charge in [0.15, 0.2) is 12.4 Å². The number of carbonyl (C=O) groups excluding carboxylic acids is 1. The third-order valence-electron chi connectivity index (χ3n) is 3.63. The van der Waals surface area contributed by atoms with Crippen molar-refractivity contribution in [3.05, 3.63) is 67.4 Å². The van der Waals surface area contributed by atoms with E-state index in [4.69, 9.17) is 11.6 Å². The minimum absolute atomic E-state index is 0.244. The number of anilines is 1. The molecule has 27 heavy (non-hydrogen) atoms. The van der Waals surface area contributed by atoms with Gasteiger partial charge in [0, 0.05) is 11.2 Å². The normalized spacial score (nSPS) is 10.8. The molecule has 3 rings (SSSR count). The third-order valence-corrected chi connectivity index (χ3v) is 4.58. The molecule has 1 aromatic carbocycles. The van der Waals surface area contributed by atoms with E-state index in [2.05, 4.69) is 31.4 Å². The van der Waals surface area contributed by atoms with Gasteiger partial charge in [0.05, 0.1) is 22.8 Å². The Balaban J connectivity index is 1.71. The lowest BCUT2D eigenvalue weighted by atomic mass is 10.2. The highest BCUT2D eigenvalue weighted by molar-refractivity contribution is 9.10. The number of nitro groups is 1. The highest BCUT2D eigenvalue weighted by atomic mass is 79.9. The molecule has 9 nitrogen and oxygen atoms in total. The molecule has 0 radical (unpaired) electrons. The van der Waals surface area contributed by atoms with Gasteiger partial charge in [0.25, 0.3) is 5.91 Å². The van der Waals surface area contributed by atoms with Crippen LogP contribution in [0.3, 0.4) is 0 Å². The zero-order valence-corrected chi connectivity index (χ0v) is 16.4. The Hall–Kier alpha value is -2.72. The second kappa shape index (κ2) is 7.89. The van der Waals surface area contributed by atoms with Gasteiger partial charge in [-0.1, -0.05) is 34.9 Å². The molecule has 1 N–H and O–H groups in total. The van der Waals surface area contributed by atoms with Crippen LogP contribution in [0.2, 0.25) is 5.02 Å². The van der Waals surface area contributed by atoms with Crippen LogP contribution in [0.4, 0.5) is 11.6 Å². The van der Waals surface area contributed by atoms with Crippen molar-refractivity contribution in [2.45, 2.75) is 20.0 Å². The fourth-order valence-electron chi connectivity index (χ4n) is 2.47. The number of nitrogens with one attached hydrogen (secondary N) is 1. The van der Waals surface area contributed by atoms with E-state index < -0.39 is 10.8 Å². The molecule has 0 saturated carbocycles. The maximum Gasteiger partial charge on any atom is 0.345 e. The summed E-state index contributed by atoms with van der Waals surface area (Å²) in [4.78, 5) is 22.7. The summed E-state index contributed by atoms with van der Waals surface area (Å²) in [5, 5.41) is 22.5. The summed E-state index contributed by atoms with van der Waals surface area (Å²) in [5.41, 5.74) is 1.34. The number of halogens is 2. The highest BCUT2D eigenvalue weighted by Gasteiger charge is 2.20. The average molecular weight is 454 g/mol. The van der Waals surface area contributed by atoms with Crippen LogP contribution >= 0.6 is 27.5 Å². The van der Waals surface area contributed by atoms with E-state index in [1.54, 1.807) is 23.9 Å². The molecule has 2 heterocycles. The summed E-state index contributed by atoms with van der Waals surface area (Å²) in [5.74, 6) is -0.422. The lowest BCUT2D eigenvalue weighted by Gasteiger charge is -2.04. The summed E-state index contributed by atoms with van der Waals surface area (Å²) < 4.78 is 3.25. The molecular weight excluding hydrogens is 440 g/mol. The standard InChI is InChI=1S/C16H14BrClN6O3/c1-10-6-15(24(26)27)23(20-10)9-14(25)19-16-12(17)8-22(21-16)7-11-4-2-3-5-13(11)18/h2-6,8H,7,9H2,1H3,(H,19,21,25). The minimum Gasteiger partial charge on any atom is -0.358 e. The number of rotatable bonds is 6. The van der Waals surface area contributed by atoms with E-state index in [1.165, 1.54) is 6.07 Å². The van der Waals surface area contributed by atoms with Crippen molar-refractivity contribution >= 4 is 45.1 Å². The molecule has 1 amide bonds. The molecule has 0 aliphatic heterocycles. The molecule has 2 aromatic heterocycles. The average Bonchev–Trinajstić information content (AvgIpc) is 3.12. The molecule has 0 saturated heterocycles. The van der Waals surface area contributed by atoms with Crippen LogP contribution in [0.1, 0.15) is 11.3 Å². The van der Waals surface area contributed by atoms with Crippen LogP contribution in [0.15, 0.2) is 41.0 Å². The van der Waals surface area contributed by atoms with Crippen LogP contribution in [0.25, 0.3) is 0 Å². The minimum atomic E-state index is -0.582. The largest absolute Gasteiger partial charge is 0.358 e. The van der Waals surface area contributed by atoms with Crippen LogP contribution in [0.5, 0.6) is 0 Å². The Morgan fingerprint density at radius 2 is 2.11 bits per heavy atom. The number of aryl methyl sites for hydroxylation is 1. The molecule has 0 aliphatic carbocycles. The van der Waals surface area contributed by atoms with Crippen molar-refractivity contribution in [3.8, 4) is 0 Å². The van der Waals surface area contributed by atoms with E-state index in [9.17, 15) is 14.9 Å². The van der Waals surface area contributed by atoms with Crippen molar-refractivity contribution in [2.24, 2.45) is 0 Å². The molecule has 0 atom stereocenters. The van der Waals surface area contributed by atoms with Crippen LogP contribution in [-0.2, 0) is 17.9 Å². The first-order valence-electron chi connectivity index (χ1n) is 7.78. The first-order chi connectivity index (χ1) is 12.8. The summed E-state index contributed by atoms with van der Waals surface area (Å²) in [6.07, 6.45) is 1.71. The van der Waals surface area contributed by atoms with Crippen molar-refractivity contribution in [1.82, 2.24) is 19.6 Å². The van der Waals surface area contributed by atoms with E-state index in [0.717, 1.165) is 10.2 Å². The van der Waals surface area contributed by atoms with Crippen molar-refractivity contribution < 1.29 is 9.72 Å². The Kier molecular flexibility index (Phi) is 5.57. The lowest BCUT2D eigenvalue weighted by molar-refractivity contribution is -0.392. The fraction of sp³-hybridized carbons (Fsp3) is 0.188. The third kappa shape index (κ3) is 4.52. The quantitative estimate of drug-likeness (QED) is 0.454. The van der Waals surface area contributed by atoms with Gasteiger partial charge in [-0.3, -0.25) is 9.48 Å². The second-order valence-corrected chi connectivity index (χ2v) is 6.98. The molecule has 0 bridgehead atoms. The zero-order chi connectivity index (χ0) is 19.6. The Bertz CT molecular complexity index is 1020. The molecule has 0 spiro atoms. The summed E-state index contributed by atoms with van der Waals surface area (Å²) in [7, 11) is 0. The predicted octanol–water partition coefficient (Wildman–Crippen LogP) is 3.40. The SMILES string of the molecule is Cc1cc([N+](=O)[O-])n(CC(=O)Nc2nn(Cc3ccccc3Cl)cc2Br)n1. The van der Waals surface area contributed by atoms with Gasteiger partial charge < -0.3 is 15.4 Å². The highest BCUT2D eigenvalue weighted by Crippen LogP contribution is 2.23. The van der Waals surface area contributed by atoms with Gasteiger partial charge >= 0.3 is 5.82 Å². The lowest BCUT2D eigenvalue weighted by Crippen LogP contribution is -2.21. The smallest absolute Gasteiger partial charge is 0.345 e.